The van der Waals surface area contributed by atoms with Crippen molar-refractivity contribution >= 4 is 17.4 Å². The molecule has 4 aromatic rings. The summed E-state index contributed by atoms with van der Waals surface area (Å²) in [7, 11) is 0. The molecule has 0 aliphatic rings. The average Bonchev–Trinajstić information content (AvgIpc) is 3.15. The van der Waals surface area contributed by atoms with Crippen LogP contribution in [0.5, 0.6) is 0 Å². The molecule has 26 heavy (non-hydrogen) atoms. The van der Waals surface area contributed by atoms with E-state index in [1.165, 1.54) is 4.80 Å². The van der Waals surface area contributed by atoms with Gasteiger partial charge in [-0.2, -0.15) is 4.80 Å². The fourth-order valence-electron chi connectivity index (χ4n) is 2.66. The molecular weight excluding hydrogens is 346 g/mol. The number of aromatic nitrogens is 3. The summed E-state index contributed by atoms with van der Waals surface area (Å²) >= 11 is 5.93. The Balaban J connectivity index is 1.85. The van der Waals surface area contributed by atoms with Gasteiger partial charge in [-0.1, -0.05) is 60.1 Å². The van der Waals surface area contributed by atoms with E-state index in [9.17, 15) is 4.79 Å². The third-order valence-electron chi connectivity index (χ3n) is 3.97. The average molecular weight is 360 g/mol. The molecular formula is C21H14ClN3O. The number of carbonyl (C=O) groups excluding carboxylic acids is 1. The highest BCUT2D eigenvalue weighted by Gasteiger charge is 2.21. The van der Waals surface area contributed by atoms with E-state index < -0.39 is 0 Å². The Labute approximate surface area is 155 Å². The van der Waals surface area contributed by atoms with E-state index in [2.05, 4.69) is 10.2 Å². The minimum absolute atomic E-state index is 0.192. The number of hydrogen-bond donors (Lipinski definition) is 0. The lowest BCUT2D eigenvalue weighted by molar-refractivity contribution is 0.103. The van der Waals surface area contributed by atoms with E-state index in [1.807, 2.05) is 60.7 Å². The topological polar surface area (TPSA) is 47.8 Å². The van der Waals surface area contributed by atoms with Crippen LogP contribution in [-0.2, 0) is 0 Å². The van der Waals surface area contributed by atoms with E-state index in [0.717, 1.165) is 11.3 Å². The molecule has 0 saturated heterocycles. The van der Waals surface area contributed by atoms with Crippen molar-refractivity contribution in [3.8, 4) is 16.9 Å². The molecule has 3 aromatic carbocycles. The summed E-state index contributed by atoms with van der Waals surface area (Å²) in [5.74, 6) is -0.192. The van der Waals surface area contributed by atoms with Crippen LogP contribution in [0.1, 0.15) is 16.1 Å². The Morgan fingerprint density at radius 1 is 0.769 bits per heavy atom. The van der Waals surface area contributed by atoms with Gasteiger partial charge in [-0.3, -0.25) is 4.79 Å². The molecule has 5 heteroatoms. The highest BCUT2D eigenvalue weighted by Crippen LogP contribution is 2.24. The van der Waals surface area contributed by atoms with Gasteiger partial charge < -0.3 is 0 Å². The third-order valence-corrected chi connectivity index (χ3v) is 4.22. The molecule has 4 rings (SSSR count). The summed E-state index contributed by atoms with van der Waals surface area (Å²) in [5, 5.41) is 9.63. The maximum absolute atomic E-state index is 13.0. The van der Waals surface area contributed by atoms with Crippen LogP contribution in [-0.4, -0.2) is 20.8 Å². The van der Waals surface area contributed by atoms with Crippen LogP contribution in [0.4, 0.5) is 0 Å². The molecule has 0 bridgehead atoms. The molecule has 4 nitrogen and oxygen atoms in total. The zero-order valence-corrected chi connectivity index (χ0v) is 14.5. The number of ketones is 1. The number of halogens is 1. The van der Waals surface area contributed by atoms with Crippen LogP contribution >= 0.6 is 11.6 Å². The molecule has 0 amide bonds. The van der Waals surface area contributed by atoms with Crippen molar-refractivity contribution in [2.45, 2.75) is 0 Å². The second-order valence-corrected chi connectivity index (χ2v) is 6.16. The lowest BCUT2D eigenvalue weighted by Gasteiger charge is -2.01. The smallest absolute Gasteiger partial charge is 0.215 e. The standard InChI is InChI=1S/C21H14ClN3O/c22-17-13-11-16(12-14-17)21(26)20-19(15-7-3-1-4-8-15)23-25(24-20)18-9-5-2-6-10-18/h1-14H. The first-order valence-corrected chi connectivity index (χ1v) is 8.48. The number of para-hydroxylation sites is 1. The van der Waals surface area contributed by atoms with Crippen LogP contribution in [0, 0.1) is 0 Å². The fraction of sp³-hybridized carbons (Fsp3) is 0. The molecule has 126 valence electrons. The maximum Gasteiger partial charge on any atom is 0.215 e. The number of nitrogens with zero attached hydrogens (tertiary/aromatic N) is 3. The molecule has 0 spiro atoms. The molecule has 0 saturated carbocycles. The zero-order chi connectivity index (χ0) is 17.9. The highest BCUT2D eigenvalue weighted by atomic mass is 35.5. The van der Waals surface area contributed by atoms with Crippen molar-refractivity contribution in [3.63, 3.8) is 0 Å². The molecule has 1 aromatic heterocycles. The molecule has 0 N–H and O–H groups in total. The van der Waals surface area contributed by atoms with Gasteiger partial charge in [0.15, 0.2) is 5.69 Å². The molecule has 0 aliphatic heterocycles. The summed E-state index contributed by atoms with van der Waals surface area (Å²) < 4.78 is 0. The highest BCUT2D eigenvalue weighted by molar-refractivity contribution is 6.30. The zero-order valence-electron chi connectivity index (χ0n) is 13.7. The van der Waals surface area contributed by atoms with Gasteiger partial charge in [0.2, 0.25) is 5.78 Å². The molecule has 1 heterocycles. The SMILES string of the molecule is O=C(c1ccc(Cl)cc1)c1nn(-c2ccccc2)nc1-c1ccccc1. The van der Waals surface area contributed by atoms with Crippen molar-refractivity contribution in [2.75, 3.05) is 0 Å². The first kappa shape index (κ1) is 16.2. The van der Waals surface area contributed by atoms with Gasteiger partial charge in [-0.25, -0.2) is 0 Å². The lowest BCUT2D eigenvalue weighted by atomic mass is 10.0. The monoisotopic (exact) mass is 359 g/mol. The Morgan fingerprint density at radius 3 is 2.04 bits per heavy atom. The second-order valence-electron chi connectivity index (χ2n) is 5.72. The van der Waals surface area contributed by atoms with Crippen molar-refractivity contribution in [1.29, 1.82) is 0 Å². The summed E-state index contributed by atoms with van der Waals surface area (Å²) in [6.45, 7) is 0. The molecule has 0 aliphatic carbocycles. The Morgan fingerprint density at radius 2 is 1.38 bits per heavy atom. The molecule has 0 unspecified atom stereocenters. The van der Waals surface area contributed by atoms with E-state index >= 15 is 0 Å². The molecule has 0 fully saturated rings. The van der Waals surface area contributed by atoms with E-state index in [4.69, 9.17) is 11.6 Å². The van der Waals surface area contributed by atoms with E-state index in [0.29, 0.717) is 22.0 Å². The van der Waals surface area contributed by atoms with Crippen molar-refractivity contribution in [2.24, 2.45) is 0 Å². The van der Waals surface area contributed by atoms with Gasteiger partial charge in [-0.05, 0) is 36.4 Å². The predicted octanol–water partition coefficient (Wildman–Crippen LogP) is 4.82. The number of rotatable bonds is 4. The molecule has 0 radical (unpaired) electrons. The van der Waals surface area contributed by atoms with Gasteiger partial charge in [0, 0.05) is 16.1 Å². The maximum atomic E-state index is 13.0. The summed E-state index contributed by atoms with van der Waals surface area (Å²) in [6, 6.07) is 25.9. The quantitative estimate of drug-likeness (QED) is 0.491. The van der Waals surface area contributed by atoms with Crippen molar-refractivity contribution in [3.05, 3.63) is 101 Å². The van der Waals surface area contributed by atoms with Gasteiger partial charge in [0.05, 0.1) is 5.69 Å². The van der Waals surface area contributed by atoms with Gasteiger partial charge in [-0.15, -0.1) is 10.2 Å². The van der Waals surface area contributed by atoms with Crippen LogP contribution < -0.4 is 0 Å². The van der Waals surface area contributed by atoms with Crippen LogP contribution in [0.15, 0.2) is 84.9 Å². The van der Waals surface area contributed by atoms with E-state index in [1.54, 1.807) is 24.3 Å². The first-order valence-electron chi connectivity index (χ1n) is 8.11. The second kappa shape index (κ2) is 6.94. The lowest BCUT2D eigenvalue weighted by Crippen LogP contribution is -2.05. The third kappa shape index (κ3) is 3.15. The Bertz CT molecular complexity index is 1040. The fourth-order valence-corrected chi connectivity index (χ4v) is 2.79. The van der Waals surface area contributed by atoms with Crippen LogP contribution in [0.2, 0.25) is 5.02 Å². The van der Waals surface area contributed by atoms with Gasteiger partial charge >= 0.3 is 0 Å². The summed E-state index contributed by atoms with van der Waals surface area (Å²) in [4.78, 5) is 14.5. The number of hydrogen-bond acceptors (Lipinski definition) is 3. The number of carbonyl (C=O) groups is 1. The Hall–Kier alpha value is -3.24. The van der Waals surface area contributed by atoms with Gasteiger partial charge in [0.25, 0.3) is 0 Å². The predicted molar refractivity (Wildman–Crippen MR) is 102 cm³/mol. The van der Waals surface area contributed by atoms with Gasteiger partial charge in [0.1, 0.15) is 5.69 Å². The van der Waals surface area contributed by atoms with Crippen molar-refractivity contribution in [1.82, 2.24) is 15.0 Å². The number of benzene rings is 3. The minimum Gasteiger partial charge on any atom is -0.287 e. The largest absolute Gasteiger partial charge is 0.287 e. The van der Waals surface area contributed by atoms with E-state index in [-0.39, 0.29) is 5.78 Å². The summed E-state index contributed by atoms with van der Waals surface area (Å²) in [6.07, 6.45) is 0. The van der Waals surface area contributed by atoms with Crippen LogP contribution in [0.25, 0.3) is 16.9 Å². The van der Waals surface area contributed by atoms with Crippen molar-refractivity contribution < 1.29 is 4.79 Å². The normalized spacial score (nSPS) is 10.7. The first-order chi connectivity index (χ1) is 12.7. The Kier molecular flexibility index (Phi) is 4.33. The molecule has 0 atom stereocenters. The minimum atomic E-state index is -0.192. The van der Waals surface area contributed by atoms with Crippen LogP contribution in [0.3, 0.4) is 0 Å². The summed E-state index contributed by atoms with van der Waals surface area (Å²) in [5.41, 5.74) is 3.01.